The molecule has 1 N–H and O–H groups in total. The van der Waals surface area contributed by atoms with Crippen LogP contribution in [0.25, 0.3) is 11.2 Å². The Labute approximate surface area is 136 Å². The Balaban J connectivity index is 1.98. The summed E-state index contributed by atoms with van der Waals surface area (Å²) >= 11 is 0. The maximum Gasteiger partial charge on any atom is 0.374 e. The van der Waals surface area contributed by atoms with Crippen molar-refractivity contribution in [2.24, 2.45) is 0 Å². The standard InChI is InChI=1S/C15H15N5O4/c1-3-24-15(22)12-16-13-11(14(21)17-12)18-19-20(13)8-9-4-6-10(23-2)7-5-9/h4-7H,3,8H2,1-2H3,(H,16,17,21). The second kappa shape index (κ2) is 6.49. The Morgan fingerprint density at radius 2 is 2.04 bits per heavy atom. The maximum absolute atomic E-state index is 12.0. The third-order valence-corrected chi connectivity index (χ3v) is 3.33. The first-order chi connectivity index (χ1) is 11.6. The summed E-state index contributed by atoms with van der Waals surface area (Å²) in [5.74, 6) is -0.136. The molecule has 0 aliphatic carbocycles. The predicted molar refractivity (Wildman–Crippen MR) is 84.0 cm³/mol. The number of nitrogens with zero attached hydrogens (tertiary/aromatic N) is 4. The van der Waals surface area contributed by atoms with Crippen LogP contribution in [0.4, 0.5) is 0 Å². The van der Waals surface area contributed by atoms with Gasteiger partial charge in [-0.3, -0.25) is 9.78 Å². The van der Waals surface area contributed by atoms with E-state index in [0.29, 0.717) is 6.54 Å². The van der Waals surface area contributed by atoms with E-state index in [1.165, 1.54) is 4.68 Å². The lowest BCUT2D eigenvalue weighted by molar-refractivity contribution is 0.0512. The molecule has 0 aliphatic rings. The molecule has 2 heterocycles. The molecule has 24 heavy (non-hydrogen) atoms. The van der Waals surface area contributed by atoms with Crippen LogP contribution in [0.3, 0.4) is 0 Å². The lowest BCUT2D eigenvalue weighted by atomic mass is 10.2. The topological polar surface area (TPSA) is 112 Å². The van der Waals surface area contributed by atoms with Crippen molar-refractivity contribution in [3.63, 3.8) is 0 Å². The Morgan fingerprint density at radius 3 is 2.71 bits per heavy atom. The summed E-state index contributed by atoms with van der Waals surface area (Å²) in [6.07, 6.45) is 0. The molecule has 0 radical (unpaired) electrons. The Bertz CT molecular complexity index is 929. The van der Waals surface area contributed by atoms with Crippen LogP contribution in [-0.2, 0) is 11.3 Å². The highest BCUT2D eigenvalue weighted by molar-refractivity contribution is 5.87. The van der Waals surface area contributed by atoms with Crippen molar-refractivity contribution in [3.05, 3.63) is 46.0 Å². The molecule has 9 nitrogen and oxygen atoms in total. The van der Waals surface area contributed by atoms with Gasteiger partial charge in [-0.25, -0.2) is 14.5 Å². The lowest BCUT2D eigenvalue weighted by Crippen LogP contribution is -2.18. The van der Waals surface area contributed by atoms with E-state index in [-0.39, 0.29) is 23.6 Å². The van der Waals surface area contributed by atoms with Crippen molar-refractivity contribution >= 4 is 17.1 Å². The third-order valence-electron chi connectivity index (χ3n) is 3.33. The summed E-state index contributed by atoms with van der Waals surface area (Å²) < 4.78 is 11.4. The third kappa shape index (κ3) is 2.96. The molecular weight excluding hydrogens is 314 g/mol. The summed E-state index contributed by atoms with van der Waals surface area (Å²) in [5, 5.41) is 7.77. The van der Waals surface area contributed by atoms with E-state index in [1.807, 2.05) is 24.3 Å². The fourth-order valence-corrected chi connectivity index (χ4v) is 2.17. The van der Waals surface area contributed by atoms with Crippen molar-refractivity contribution in [2.45, 2.75) is 13.5 Å². The molecule has 2 aromatic heterocycles. The van der Waals surface area contributed by atoms with Gasteiger partial charge in [0, 0.05) is 0 Å². The molecule has 3 aromatic rings. The number of carbonyl (C=O) groups excluding carboxylic acids is 1. The van der Waals surface area contributed by atoms with E-state index >= 15 is 0 Å². The summed E-state index contributed by atoms with van der Waals surface area (Å²) in [5.41, 5.74) is 0.667. The van der Waals surface area contributed by atoms with Gasteiger partial charge < -0.3 is 9.47 Å². The second-order valence-corrected chi connectivity index (χ2v) is 4.90. The van der Waals surface area contributed by atoms with Gasteiger partial charge in [-0.05, 0) is 24.6 Å². The number of rotatable bonds is 5. The zero-order chi connectivity index (χ0) is 17.1. The van der Waals surface area contributed by atoms with Crippen LogP contribution in [0.15, 0.2) is 29.1 Å². The van der Waals surface area contributed by atoms with Crippen molar-refractivity contribution in [2.75, 3.05) is 13.7 Å². The molecule has 0 unspecified atom stereocenters. The van der Waals surface area contributed by atoms with Crippen LogP contribution in [-0.4, -0.2) is 44.6 Å². The van der Waals surface area contributed by atoms with Gasteiger partial charge >= 0.3 is 5.97 Å². The number of H-pyrrole nitrogens is 1. The molecule has 0 aliphatic heterocycles. The Hall–Kier alpha value is -3.23. The number of aromatic amines is 1. The van der Waals surface area contributed by atoms with Gasteiger partial charge in [-0.2, -0.15) is 0 Å². The molecular formula is C15H15N5O4. The summed E-state index contributed by atoms with van der Waals surface area (Å²) in [7, 11) is 1.59. The van der Waals surface area contributed by atoms with E-state index in [1.54, 1.807) is 14.0 Å². The fourth-order valence-electron chi connectivity index (χ4n) is 2.17. The molecule has 0 saturated heterocycles. The molecule has 0 fully saturated rings. The zero-order valence-electron chi connectivity index (χ0n) is 13.1. The Kier molecular flexibility index (Phi) is 4.23. The molecule has 124 valence electrons. The largest absolute Gasteiger partial charge is 0.497 e. The number of benzene rings is 1. The molecule has 0 spiro atoms. The van der Waals surface area contributed by atoms with Gasteiger partial charge in [0.25, 0.3) is 5.56 Å². The van der Waals surface area contributed by atoms with Gasteiger partial charge in [0.15, 0.2) is 11.2 Å². The van der Waals surface area contributed by atoms with Crippen LogP contribution in [0.1, 0.15) is 23.1 Å². The van der Waals surface area contributed by atoms with Crippen LogP contribution >= 0.6 is 0 Å². The minimum atomic E-state index is -0.700. The number of nitrogens with one attached hydrogen (secondary N) is 1. The van der Waals surface area contributed by atoms with E-state index < -0.39 is 11.5 Å². The van der Waals surface area contributed by atoms with Gasteiger partial charge in [0.2, 0.25) is 5.82 Å². The van der Waals surface area contributed by atoms with Crippen LogP contribution < -0.4 is 10.3 Å². The summed E-state index contributed by atoms with van der Waals surface area (Å²) in [4.78, 5) is 30.3. The van der Waals surface area contributed by atoms with E-state index in [2.05, 4.69) is 20.3 Å². The highest BCUT2D eigenvalue weighted by Gasteiger charge is 2.17. The first-order valence-electron chi connectivity index (χ1n) is 7.26. The van der Waals surface area contributed by atoms with Crippen molar-refractivity contribution in [1.29, 1.82) is 0 Å². The maximum atomic E-state index is 12.0. The second-order valence-electron chi connectivity index (χ2n) is 4.90. The molecule has 3 rings (SSSR count). The predicted octanol–water partition coefficient (Wildman–Crippen LogP) is 0.748. The number of aromatic nitrogens is 5. The SMILES string of the molecule is CCOC(=O)c1nc2c(nnn2Cc2ccc(OC)cc2)c(=O)[nH]1. The molecule has 0 atom stereocenters. The molecule has 9 heteroatoms. The number of hydrogen-bond acceptors (Lipinski definition) is 7. The van der Waals surface area contributed by atoms with Crippen LogP contribution in [0, 0.1) is 0 Å². The fraction of sp³-hybridized carbons (Fsp3) is 0.267. The summed E-state index contributed by atoms with van der Waals surface area (Å²) in [6, 6.07) is 7.37. The number of ether oxygens (including phenoxy) is 2. The number of hydrogen-bond donors (Lipinski definition) is 1. The van der Waals surface area contributed by atoms with Gasteiger partial charge in [-0.1, -0.05) is 17.3 Å². The average Bonchev–Trinajstić information content (AvgIpc) is 2.99. The highest BCUT2D eigenvalue weighted by atomic mass is 16.5. The number of fused-ring (bicyclic) bond motifs is 1. The van der Waals surface area contributed by atoms with E-state index in [4.69, 9.17) is 9.47 Å². The number of carbonyl (C=O) groups is 1. The molecule has 0 amide bonds. The molecule has 1 aromatic carbocycles. The van der Waals surface area contributed by atoms with Crippen molar-refractivity contribution < 1.29 is 14.3 Å². The molecule has 0 bridgehead atoms. The van der Waals surface area contributed by atoms with Crippen molar-refractivity contribution in [3.8, 4) is 5.75 Å². The normalized spacial score (nSPS) is 10.8. The minimum Gasteiger partial charge on any atom is -0.497 e. The quantitative estimate of drug-likeness (QED) is 0.687. The van der Waals surface area contributed by atoms with Crippen LogP contribution in [0.5, 0.6) is 5.75 Å². The van der Waals surface area contributed by atoms with E-state index in [9.17, 15) is 9.59 Å². The Morgan fingerprint density at radius 1 is 1.29 bits per heavy atom. The minimum absolute atomic E-state index is 0.0663. The first-order valence-corrected chi connectivity index (χ1v) is 7.26. The number of esters is 1. The average molecular weight is 329 g/mol. The lowest BCUT2D eigenvalue weighted by Gasteiger charge is -2.05. The summed E-state index contributed by atoms with van der Waals surface area (Å²) in [6.45, 7) is 2.20. The van der Waals surface area contributed by atoms with Crippen molar-refractivity contribution in [1.82, 2.24) is 25.0 Å². The number of methoxy groups -OCH3 is 1. The monoisotopic (exact) mass is 329 g/mol. The molecule has 0 saturated carbocycles. The van der Waals surface area contributed by atoms with Crippen LogP contribution in [0.2, 0.25) is 0 Å². The smallest absolute Gasteiger partial charge is 0.374 e. The zero-order valence-corrected chi connectivity index (χ0v) is 13.1. The highest BCUT2D eigenvalue weighted by Crippen LogP contribution is 2.13. The van der Waals surface area contributed by atoms with Gasteiger partial charge in [0.1, 0.15) is 5.75 Å². The van der Waals surface area contributed by atoms with Gasteiger partial charge in [-0.15, -0.1) is 5.10 Å². The first kappa shape index (κ1) is 15.7. The van der Waals surface area contributed by atoms with E-state index in [0.717, 1.165) is 11.3 Å². The van der Waals surface area contributed by atoms with Gasteiger partial charge in [0.05, 0.1) is 20.3 Å².